The number of methoxy groups -OCH3 is 2. The normalized spacial score (nSPS) is 13.9. The molecule has 18 heteroatoms. The highest BCUT2D eigenvalue weighted by Crippen LogP contribution is 2.74. The molecule has 0 unspecified atom stereocenters. The minimum atomic E-state index is -5.50. The van der Waals surface area contributed by atoms with Crippen LogP contribution < -0.4 is 9.47 Å². The molecule has 0 spiro atoms. The van der Waals surface area contributed by atoms with Crippen LogP contribution in [0.1, 0.15) is 21.9 Å². The molecule has 0 amide bonds. The van der Waals surface area contributed by atoms with Gasteiger partial charge in [0.05, 0.1) is 14.2 Å². The summed E-state index contributed by atoms with van der Waals surface area (Å²) >= 11 is 0. The van der Waals surface area contributed by atoms with E-state index in [-0.39, 0.29) is 0 Å². The fraction of sp³-hybridized carbons (Fsp3) is 0.400. The Kier molecular flexibility index (Phi) is 7.52. The maximum absolute atomic E-state index is 11.6. The van der Waals surface area contributed by atoms with Gasteiger partial charge in [-0.25, -0.2) is 0 Å². The Hall–Kier alpha value is -0.580. The van der Waals surface area contributed by atoms with Gasteiger partial charge in [0.15, 0.2) is 10.8 Å². The monoisotopic (exact) mass is 486 g/mol. The van der Waals surface area contributed by atoms with Crippen molar-refractivity contribution in [2.24, 2.45) is 0 Å². The Morgan fingerprint density at radius 2 is 0.821 bits per heavy atom. The summed E-state index contributed by atoms with van der Waals surface area (Å²) in [4.78, 5) is 74.9. The van der Waals surface area contributed by atoms with E-state index in [2.05, 4.69) is 0 Å². The lowest BCUT2D eigenvalue weighted by Gasteiger charge is -2.26. The molecule has 1 aromatic carbocycles. The molecule has 0 saturated carbocycles. The molecule has 0 aliphatic rings. The van der Waals surface area contributed by atoms with Crippen molar-refractivity contribution in [1.82, 2.24) is 0 Å². The van der Waals surface area contributed by atoms with Crippen LogP contribution >= 0.6 is 30.4 Å². The Labute approximate surface area is 157 Å². The second kappa shape index (κ2) is 8.28. The molecule has 0 aliphatic carbocycles. The van der Waals surface area contributed by atoms with Crippen molar-refractivity contribution in [1.29, 1.82) is 0 Å². The third-order valence-corrected chi connectivity index (χ3v) is 10.7. The van der Waals surface area contributed by atoms with Crippen molar-refractivity contribution in [2.45, 2.75) is 10.8 Å². The first-order valence-corrected chi connectivity index (χ1v) is 13.5. The molecule has 0 fully saturated rings. The summed E-state index contributed by atoms with van der Waals surface area (Å²) in [7, 11) is -20.2. The molecule has 8 N–H and O–H groups in total. The summed E-state index contributed by atoms with van der Waals surface area (Å²) in [5, 5.41) is -5.44. The van der Waals surface area contributed by atoms with Gasteiger partial charge in [-0.15, -0.1) is 0 Å². The van der Waals surface area contributed by atoms with E-state index in [1.165, 1.54) is 0 Å². The molecule has 14 nitrogen and oxygen atoms in total. The summed E-state index contributed by atoms with van der Waals surface area (Å²) in [5.41, 5.74) is -1.58. The summed E-state index contributed by atoms with van der Waals surface area (Å²) < 4.78 is 56.1. The Bertz CT molecular complexity index is 799. The molecule has 28 heavy (non-hydrogen) atoms. The highest BCUT2D eigenvalue weighted by Gasteiger charge is 2.49. The van der Waals surface area contributed by atoms with Gasteiger partial charge in [-0.3, -0.25) is 18.3 Å². The van der Waals surface area contributed by atoms with E-state index in [0.717, 1.165) is 14.2 Å². The summed E-state index contributed by atoms with van der Waals surface area (Å²) in [5.74, 6) is -1.39. The van der Waals surface area contributed by atoms with Gasteiger partial charge in [-0.05, 0) is 12.1 Å². The first-order valence-electron chi connectivity index (χ1n) is 6.82. The quantitative estimate of drug-likeness (QED) is 0.232. The maximum atomic E-state index is 11.6. The van der Waals surface area contributed by atoms with Crippen LogP contribution in [0.2, 0.25) is 0 Å². The van der Waals surface area contributed by atoms with Crippen molar-refractivity contribution in [2.75, 3.05) is 14.2 Å². The topological polar surface area (TPSA) is 249 Å². The van der Waals surface area contributed by atoms with Crippen LogP contribution in [0.25, 0.3) is 0 Å². The van der Waals surface area contributed by atoms with E-state index in [4.69, 9.17) is 9.47 Å². The summed E-state index contributed by atoms with van der Waals surface area (Å²) in [6, 6.07) is 1.16. The number of benzene rings is 1. The standard InChI is InChI=1S/C10H18O14P4/c1-23-7-3-6(10(27(17,18)19)28(20,21)22)8(24-2)4-5(7)9(25(11,12)13)26(14,15)16/h3-4,9-10H,1-2H3,(H2,11,12,13)(H2,14,15,16)(H2,17,18,19)(H2,20,21,22). The third kappa shape index (κ3) is 5.73. The number of ether oxygens (including phenoxy) is 2. The van der Waals surface area contributed by atoms with Gasteiger partial charge in [0, 0.05) is 11.1 Å². The Morgan fingerprint density at radius 3 is 0.964 bits per heavy atom. The highest BCUT2D eigenvalue weighted by atomic mass is 31.2. The van der Waals surface area contributed by atoms with Crippen molar-refractivity contribution in [3.8, 4) is 11.5 Å². The zero-order valence-corrected chi connectivity index (χ0v) is 17.7. The van der Waals surface area contributed by atoms with Gasteiger partial charge in [-0.2, -0.15) is 0 Å². The van der Waals surface area contributed by atoms with E-state index in [0.29, 0.717) is 12.1 Å². The fourth-order valence-electron chi connectivity index (χ4n) is 2.47. The van der Waals surface area contributed by atoms with Gasteiger partial charge in [0.25, 0.3) is 0 Å². The maximum Gasteiger partial charge on any atom is 0.345 e. The zero-order chi connectivity index (χ0) is 22.3. The van der Waals surface area contributed by atoms with Crippen molar-refractivity contribution >= 4 is 30.4 Å². The third-order valence-electron chi connectivity index (χ3n) is 3.41. The Morgan fingerprint density at radius 1 is 0.607 bits per heavy atom. The lowest BCUT2D eigenvalue weighted by atomic mass is 10.1. The molecule has 0 atom stereocenters. The van der Waals surface area contributed by atoms with E-state index < -0.39 is 63.8 Å². The van der Waals surface area contributed by atoms with Crippen LogP contribution in [0.4, 0.5) is 0 Å². The fourth-order valence-corrected chi connectivity index (χ4v) is 7.86. The molecule has 162 valence electrons. The highest BCUT2D eigenvalue weighted by molar-refractivity contribution is 7.70. The first kappa shape index (κ1) is 25.5. The minimum Gasteiger partial charge on any atom is -0.496 e. The Balaban J connectivity index is 3.97. The first-order chi connectivity index (χ1) is 12.4. The minimum absolute atomic E-state index is 0.579. The lowest BCUT2D eigenvalue weighted by molar-refractivity contribution is 0.329. The summed E-state index contributed by atoms with van der Waals surface area (Å²) in [6.45, 7) is 0. The van der Waals surface area contributed by atoms with E-state index in [1.54, 1.807) is 0 Å². The largest absolute Gasteiger partial charge is 0.496 e. The molecule has 1 rings (SSSR count). The molecular formula is C10H18O14P4. The van der Waals surface area contributed by atoms with Crippen LogP contribution in [-0.4, -0.2) is 53.4 Å². The average Bonchev–Trinajstić information content (AvgIpc) is 2.42. The molecule has 0 aliphatic heterocycles. The number of rotatable bonds is 8. The van der Waals surface area contributed by atoms with Crippen LogP contribution in [0.15, 0.2) is 12.1 Å². The molecular weight excluding hydrogens is 468 g/mol. The van der Waals surface area contributed by atoms with Crippen LogP contribution in [0.3, 0.4) is 0 Å². The van der Waals surface area contributed by atoms with Gasteiger partial charge < -0.3 is 48.6 Å². The van der Waals surface area contributed by atoms with Crippen LogP contribution in [-0.2, 0) is 18.3 Å². The molecule has 1 aromatic rings. The predicted molar refractivity (Wildman–Crippen MR) is 93.2 cm³/mol. The molecule has 0 bridgehead atoms. The summed E-state index contributed by atoms with van der Waals surface area (Å²) in [6.07, 6.45) is 0. The van der Waals surface area contributed by atoms with Gasteiger partial charge in [0.2, 0.25) is 0 Å². The number of hydrogen-bond acceptors (Lipinski definition) is 6. The molecule has 0 radical (unpaired) electrons. The second-order valence-electron chi connectivity index (χ2n) is 5.44. The molecule has 0 saturated heterocycles. The van der Waals surface area contributed by atoms with Gasteiger partial charge in [0.1, 0.15) is 11.5 Å². The second-order valence-corrected chi connectivity index (χ2v) is 13.0. The van der Waals surface area contributed by atoms with E-state index in [1.807, 2.05) is 0 Å². The van der Waals surface area contributed by atoms with Crippen LogP contribution in [0.5, 0.6) is 11.5 Å². The molecule has 0 aromatic heterocycles. The smallest absolute Gasteiger partial charge is 0.345 e. The molecule has 0 heterocycles. The lowest BCUT2D eigenvalue weighted by Crippen LogP contribution is -2.08. The average molecular weight is 486 g/mol. The number of hydrogen-bond donors (Lipinski definition) is 8. The van der Waals surface area contributed by atoms with Crippen molar-refractivity contribution in [3.63, 3.8) is 0 Å². The SMILES string of the molecule is COc1cc(C(P(=O)(O)O)P(=O)(O)O)c(OC)cc1C(P(=O)(O)O)P(=O)(O)O. The van der Waals surface area contributed by atoms with E-state index >= 15 is 0 Å². The van der Waals surface area contributed by atoms with E-state index in [9.17, 15) is 57.4 Å². The van der Waals surface area contributed by atoms with Crippen LogP contribution in [0, 0.1) is 0 Å². The van der Waals surface area contributed by atoms with Gasteiger partial charge in [-0.1, -0.05) is 0 Å². The predicted octanol–water partition coefficient (Wildman–Crippen LogP) is 0.412. The van der Waals surface area contributed by atoms with Gasteiger partial charge >= 0.3 is 30.4 Å². The zero-order valence-electron chi connectivity index (χ0n) is 14.1. The van der Waals surface area contributed by atoms with Crippen molar-refractivity contribution < 1.29 is 66.9 Å². The van der Waals surface area contributed by atoms with Crippen molar-refractivity contribution in [3.05, 3.63) is 23.3 Å².